The highest BCUT2D eigenvalue weighted by Gasteiger charge is 2.35. The number of nitrogens with zero attached hydrogens (tertiary/aromatic N) is 2. The van der Waals surface area contributed by atoms with E-state index in [1.165, 1.54) is 10.0 Å². The van der Waals surface area contributed by atoms with Crippen LogP contribution in [0, 0.1) is 5.92 Å². The summed E-state index contributed by atoms with van der Waals surface area (Å²) in [7, 11) is 0. The number of carbonyl (C=O) groups is 2. The molecule has 0 spiro atoms. The predicted molar refractivity (Wildman–Crippen MR) is 94.3 cm³/mol. The molecule has 1 aromatic carbocycles. The first-order chi connectivity index (χ1) is 11.0. The molecule has 2 N–H and O–H groups in total. The Labute approximate surface area is 149 Å². The Morgan fingerprint density at radius 3 is 2.46 bits per heavy atom. The van der Waals surface area contributed by atoms with E-state index in [4.69, 9.17) is 10.5 Å². The van der Waals surface area contributed by atoms with Gasteiger partial charge >= 0.3 is 6.09 Å². The molecule has 0 aromatic heterocycles. The minimum atomic E-state index is -0.595. The molecule has 0 aliphatic carbocycles. The first-order valence-electron chi connectivity index (χ1n) is 8.09. The summed E-state index contributed by atoms with van der Waals surface area (Å²) in [6.07, 6.45) is 1.05. The van der Waals surface area contributed by atoms with Gasteiger partial charge in [0.05, 0.1) is 6.04 Å². The molecule has 0 radical (unpaired) electrons. The zero-order valence-corrected chi connectivity index (χ0v) is 15.0. The highest BCUT2D eigenvalue weighted by atomic mass is 35.5. The molecule has 1 heterocycles. The van der Waals surface area contributed by atoms with Crippen LogP contribution in [0.1, 0.15) is 32.3 Å². The van der Waals surface area contributed by atoms with Gasteiger partial charge in [0.1, 0.15) is 6.61 Å². The van der Waals surface area contributed by atoms with Gasteiger partial charge in [0, 0.05) is 13.1 Å². The lowest BCUT2D eigenvalue weighted by molar-refractivity contribution is -0.144. The van der Waals surface area contributed by atoms with Gasteiger partial charge in [0.15, 0.2) is 0 Å². The Morgan fingerprint density at radius 1 is 1.21 bits per heavy atom. The quantitative estimate of drug-likeness (QED) is 0.880. The molecule has 1 aliphatic heterocycles. The number of halogens is 1. The van der Waals surface area contributed by atoms with Crippen LogP contribution < -0.4 is 5.73 Å². The van der Waals surface area contributed by atoms with Gasteiger partial charge in [-0.1, -0.05) is 50.6 Å². The highest BCUT2D eigenvalue weighted by molar-refractivity contribution is 5.85. The molecular weight excluding hydrogens is 330 g/mol. The van der Waals surface area contributed by atoms with Crippen LogP contribution in [0.2, 0.25) is 0 Å². The first kappa shape index (κ1) is 20.3. The SMILES string of the molecule is CCC(C)[C@H](N)C(=O)N1CCCN1C(=O)OCc1ccccc1.Cl. The van der Waals surface area contributed by atoms with Gasteiger partial charge in [-0.3, -0.25) is 4.79 Å². The first-order valence-corrected chi connectivity index (χ1v) is 8.09. The van der Waals surface area contributed by atoms with Crippen molar-refractivity contribution in [3.8, 4) is 0 Å². The normalized spacial score (nSPS) is 16.3. The second-order valence-corrected chi connectivity index (χ2v) is 5.89. The third kappa shape index (κ3) is 4.85. The Kier molecular flexibility index (Phi) is 8.01. The molecule has 1 aliphatic rings. The Bertz CT molecular complexity index is 541. The van der Waals surface area contributed by atoms with Gasteiger partial charge in [0.25, 0.3) is 5.91 Å². The lowest BCUT2D eigenvalue weighted by atomic mass is 9.99. The van der Waals surface area contributed by atoms with Crippen molar-refractivity contribution < 1.29 is 14.3 Å². The fourth-order valence-electron chi connectivity index (χ4n) is 2.49. The molecular formula is C17H26ClN3O3. The van der Waals surface area contributed by atoms with Gasteiger partial charge in [-0.2, -0.15) is 0 Å². The number of rotatable bonds is 5. The number of carbonyl (C=O) groups excluding carboxylic acids is 2. The molecule has 2 rings (SSSR count). The summed E-state index contributed by atoms with van der Waals surface area (Å²) >= 11 is 0. The fourth-order valence-corrected chi connectivity index (χ4v) is 2.49. The summed E-state index contributed by atoms with van der Waals surface area (Å²) in [5.41, 5.74) is 6.92. The van der Waals surface area contributed by atoms with Crippen molar-refractivity contribution in [1.29, 1.82) is 0 Å². The van der Waals surface area contributed by atoms with Crippen molar-refractivity contribution in [3.05, 3.63) is 35.9 Å². The summed E-state index contributed by atoms with van der Waals surface area (Å²) in [4.78, 5) is 24.8. The average molecular weight is 356 g/mol. The Morgan fingerprint density at radius 2 is 1.83 bits per heavy atom. The van der Waals surface area contributed by atoms with E-state index in [0.717, 1.165) is 18.4 Å². The molecule has 6 nitrogen and oxygen atoms in total. The summed E-state index contributed by atoms with van der Waals surface area (Å²) < 4.78 is 5.31. The fraction of sp³-hybridized carbons (Fsp3) is 0.529. The predicted octanol–water partition coefficient (Wildman–Crippen LogP) is 2.57. The number of amides is 2. The van der Waals surface area contributed by atoms with Crippen molar-refractivity contribution in [2.75, 3.05) is 13.1 Å². The highest BCUT2D eigenvalue weighted by Crippen LogP contribution is 2.17. The smallest absolute Gasteiger partial charge is 0.429 e. The minimum absolute atomic E-state index is 0. The zero-order valence-electron chi connectivity index (χ0n) is 14.2. The van der Waals surface area contributed by atoms with Crippen LogP contribution in [0.15, 0.2) is 30.3 Å². The molecule has 0 saturated carbocycles. The van der Waals surface area contributed by atoms with Crippen LogP contribution in [0.4, 0.5) is 4.79 Å². The van der Waals surface area contributed by atoms with E-state index >= 15 is 0 Å². The number of hydrogen-bond donors (Lipinski definition) is 1. The van der Waals surface area contributed by atoms with Crippen molar-refractivity contribution in [3.63, 3.8) is 0 Å². The van der Waals surface area contributed by atoms with Gasteiger partial charge in [-0.25, -0.2) is 14.8 Å². The van der Waals surface area contributed by atoms with Crippen LogP contribution >= 0.6 is 12.4 Å². The monoisotopic (exact) mass is 355 g/mol. The second-order valence-electron chi connectivity index (χ2n) is 5.89. The third-order valence-electron chi connectivity index (χ3n) is 4.24. The maximum Gasteiger partial charge on any atom is 0.429 e. The number of nitrogens with two attached hydrogens (primary N) is 1. The Hall–Kier alpha value is -1.79. The van der Waals surface area contributed by atoms with E-state index in [1.807, 2.05) is 44.2 Å². The number of benzene rings is 1. The van der Waals surface area contributed by atoms with Crippen LogP contribution in [0.3, 0.4) is 0 Å². The standard InChI is InChI=1S/C17H25N3O3.ClH/c1-3-13(2)15(18)16(21)19-10-7-11-20(19)17(22)23-12-14-8-5-4-6-9-14;/h4-6,8-9,13,15H,3,7,10-12,18H2,1-2H3;1H/t13?,15-;/m0./s1. The van der Waals surface area contributed by atoms with Crippen molar-refractivity contribution >= 4 is 24.4 Å². The van der Waals surface area contributed by atoms with E-state index in [0.29, 0.717) is 13.1 Å². The van der Waals surface area contributed by atoms with Crippen molar-refractivity contribution in [2.24, 2.45) is 11.7 Å². The summed E-state index contributed by atoms with van der Waals surface area (Å²) in [6.45, 7) is 5.11. The van der Waals surface area contributed by atoms with Crippen molar-refractivity contribution in [2.45, 2.75) is 39.3 Å². The average Bonchev–Trinajstić information content (AvgIpc) is 3.08. The lowest BCUT2D eigenvalue weighted by Crippen LogP contribution is -2.53. The lowest BCUT2D eigenvalue weighted by Gasteiger charge is -2.30. The second kappa shape index (κ2) is 9.49. The van der Waals surface area contributed by atoms with Gasteiger partial charge < -0.3 is 10.5 Å². The molecule has 2 amide bonds. The van der Waals surface area contributed by atoms with E-state index in [1.54, 1.807) is 0 Å². The molecule has 1 aromatic rings. The maximum absolute atomic E-state index is 12.5. The van der Waals surface area contributed by atoms with Crippen LogP contribution in [-0.4, -0.2) is 41.1 Å². The molecule has 1 fully saturated rings. The number of hydrogen-bond acceptors (Lipinski definition) is 4. The largest absolute Gasteiger partial charge is 0.443 e. The van der Waals surface area contributed by atoms with Crippen LogP contribution in [-0.2, 0) is 16.1 Å². The van der Waals surface area contributed by atoms with Gasteiger partial charge in [0.2, 0.25) is 0 Å². The molecule has 24 heavy (non-hydrogen) atoms. The van der Waals surface area contributed by atoms with Crippen LogP contribution in [0.5, 0.6) is 0 Å². The maximum atomic E-state index is 12.5. The molecule has 1 unspecified atom stereocenters. The molecule has 2 atom stereocenters. The van der Waals surface area contributed by atoms with E-state index in [2.05, 4.69) is 0 Å². The zero-order chi connectivity index (χ0) is 16.8. The molecule has 134 valence electrons. The van der Waals surface area contributed by atoms with Crippen molar-refractivity contribution in [1.82, 2.24) is 10.0 Å². The summed E-state index contributed by atoms with van der Waals surface area (Å²) in [6, 6.07) is 8.86. The minimum Gasteiger partial charge on any atom is -0.443 e. The summed E-state index contributed by atoms with van der Waals surface area (Å²) in [5.74, 6) is -0.140. The van der Waals surface area contributed by atoms with E-state index in [-0.39, 0.29) is 30.8 Å². The van der Waals surface area contributed by atoms with Crippen LogP contribution in [0.25, 0.3) is 0 Å². The summed E-state index contributed by atoms with van der Waals surface area (Å²) in [5, 5.41) is 2.80. The van der Waals surface area contributed by atoms with E-state index in [9.17, 15) is 9.59 Å². The third-order valence-corrected chi connectivity index (χ3v) is 4.24. The molecule has 7 heteroatoms. The van der Waals surface area contributed by atoms with Gasteiger partial charge in [-0.15, -0.1) is 12.4 Å². The van der Waals surface area contributed by atoms with Gasteiger partial charge in [-0.05, 0) is 17.9 Å². The molecule has 0 bridgehead atoms. The number of ether oxygens (including phenoxy) is 1. The Balaban J connectivity index is 0.00000288. The van der Waals surface area contributed by atoms with E-state index < -0.39 is 12.1 Å². The molecule has 1 saturated heterocycles. The topological polar surface area (TPSA) is 75.9 Å². The number of hydrazine groups is 1.